The summed E-state index contributed by atoms with van der Waals surface area (Å²) in [5.41, 5.74) is 1.81. The Labute approximate surface area is 188 Å². The van der Waals surface area contributed by atoms with E-state index in [1.807, 2.05) is 19.1 Å². The van der Waals surface area contributed by atoms with Gasteiger partial charge in [-0.3, -0.25) is 14.6 Å². The maximum Gasteiger partial charge on any atom is 0.586 e. The van der Waals surface area contributed by atoms with E-state index < -0.39 is 17.3 Å². The molecule has 0 bridgehead atoms. The molecule has 0 saturated heterocycles. The highest BCUT2D eigenvalue weighted by molar-refractivity contribution is 5.94. The Hall–Kier alpha value is -4.06. The van der Waals surface area contributed by atoms with E-state index in [9.17, 15) is 18.4 Å². The number of Topliss-reactive ketones (excluding diaryl/α,β-unsaturated/α-hetero) is 1. The third-order valence-electron chi connectivity index (χ3n) is 6.03. The van der Waals surface area contributed by atoms with E-state index >= 15 is 0 Å². The highest BCUT2D eigenvalue weighted by Crippen LogP contribution is 2.52. The summed E-state index contributed by atoms with van der Waals surface area (Å²) in [6.45, 7) is 1.84. The van der Waals surface area contributed by atoms with Gasteiger partial charge >= 0.3 is 6.29 Å². The van der Waals surface area contributed by atoms with Crippen LogP contribution in [0.2, 0.25) is 0 Å². The lowest BCUT2D eigenvalue weighted by atomic mass is 9.88. The minimum absolute atomic E-state index is 0. The Morgan fingerprint density at radius 1 is 1.21 bits per heavy atom. The third-order valence-corrected chi connectivity index (χ3v) is 6.03. The first kappa shape index (κ1) is 20.8. The molecule has 0 atom stereocenters. The van der Waals surface area contributed by atoms with Gasteiger partial charge in [0.2, 0.25) is 0 Å². The first-order chi connectivity index (χ1) is 15.7. The lowest BCUT2D eigenvalue weighted by Gasteiger charge is -2.15. The van der Waals surface area contributed by atoms with Gasteiger partial charge in [-0.05, 0) is 55.2 Å². The van der Waals surface area contributed by atoms with Gasteiger partial charge in [0.25, 0.3) is 5.56 Å². The molecule has 2 aromatic heterocycles. The van der Waals surface area contributed by atoms with Gasteiger partial charge in [-0.25, -0.2) is 0 Å². The molecule has 1 fully saturated rings. The van der Waals surface area contributed by atoms with Crippen LogP contribution in [-0.4, -0.2) is 22.0 Å². The average Bonchev–Trinajstić information content (AvgIpc) is 3.52. The molecular weight excluding hydrogens is 432 g/mol. The Morgan fingerprint density at radius 2 is 1.97 bits per heavy atom. The first-order valence-corrected chi connectivity index (χ1v) is 10.2. The van der Waals surface area contributed by atoms with Gasteiger partial charge in [0.05, 0.1) is 11.1 Å². The first-order valence-electron chi connectivity index (χ1n) is 10.2. The van der Waals surface area contributed by atoms with Crippen LogP contribution in [0.1, 0.15) is 36.7 Å². The maximum atomic E-state index is 13.4. The van der Waals surface area contributed by atoms with Crippen LogP contribution >= 0.6 is 0 Å². The number of pyridine rings is 2. The number of fused-ring (bicyclic) bond motifs is 1. The van der Waals surface area contributed by atoms with Crippen LogP contribution in [0.5, 0.6) is 11.5 Å². The van der Waals surface area contributed by atoms with Gasteiger partial charge in [-0.15, -0.1) is 8.78 Å². The van der Waals surface area contributed by atoms with Crippen molar-refractivity contribution in [3.63, 3.8) is 0 Å². The van der Waals surface area contributed by atoms with Crippen LogP contribution in [0.15, 0.2) is 47.4 Å². The number of rotatable bonds is 5. The molecule has 9 heteroatoms. The number of nitriles is 1. The van der Waals surface area contributed by atoms with Crippen LogP contribution < -0.4 is 15.0 Å². The maximum absolute atomic E-state index is 13.4. The normalized spacial score (nSPS) is 16.8. The number of ether oxygens (including phenoxy) is 2. The average molecular weight is 451 g/mol. The highest BCUT2D eigenvalue weighted by atomic mass is 19.3. The van der Waals surface area contributed by atoms with Crippen molar-refractivity contribution >= 4 is 5.78 Å². The molecule has 0 spiro atoms. The predicted octanol–water partition coefficient (Wildman–Crippen LogP) is 4.03. The Morgan fingerprint density at radius 3 is 2.70 bits per heavy atom. The molecule has 1 N–H and O–H groups in total. The lowest BCUT2D eigenvalue weighted by molar-refractivity contribution is -0.286. The van der Waals surface area contributed by atoms with Gasteiger partial charge < -0.3 is 14.5 Å². The van der Waals surface area contributed by atoms with Gasteiger partial charge in [0, 0.05) is 25.3 Å². The zero-order chi connectivity index (χ0) is 23.4. The summed E-state index contributed by atoms with van der Waals surface area (Å²) in [6, 6.07) is 11.3. The van der Waals surface area contributed by atoms with E-state index in [1.165, 1.54) is 24.4 Å². The minimum Gasteiger partial charge on any atom is -0.395 e. The fourth-order valence-electron chi connectivity index (χ4n) is 4.10. The van der Waals surface area contributed by atoms with E-state index in [-0.39, 0.29) is 30.7 Å². The minimum atomic E-state index is -3.71. The monoisotopic (exact) mass is 451 g/mol. The van der Waals surface area contributed by atoms with E-state index in [0.717, 1.165) is 5.56 Å². The van der Waals surface area contributed by atoms with Crippen LogP contribution in [0, 0.1) is 18.3 Å². The number of hydrogen-bond acceptors (Lipinski definition) is 6. The topological polar surface area (TPSA) is 105 Å². The standard InChI is InChI=1S/C24H17F2N3O4.H2/c1-13-2-4-17(29-21(13)15-8-14(11-27)22(31)28-12-15)10-20(30)23(6-7-23)16-3-5-18-19(9-16)33-24(25,26)32-18;/h2-5,8-9,12H,6-7,10H2,1H3,(H,28,31);1H. The van der Waals surface area contributed by atoms with Crippen molar-refractivity contribution in [1.82, 2.24) is 9.97 Å². The molecule has 1 saturated carbocycles. The molecule has 0 radical (unpaired) electrons. The predicted molar refractivity (Wildman–Crippen MR) is 114 cm³/mol. The van der Waals surface area contributed by atoms with Crippen molar-refractivity contribution in [2.24, 2.45) is 0 Å². The number of hydrogen-bond donors (Lipinski definition) is 1. The number of nitrogens with one attached hydrogen (secondary N) is 1. The van der Waals surface area contributed by atoms with Crippen LogP contribution in [-0.2, 0) is 16.6 Å². The van der Waals surface area contributed by atoms with E-state index in [1.54, 1.807) is 12.1 Å². The zero-order valence-electron chi connectivity index (χ0n) is 17.4. The lowest BCUT2D eigenvalue weighted by Crippen LogP contribution is -2.26. The van der Waals surface area contributed by atoms with Crippen molar-refractivity contribution in [3.8, 4) is 28.8 Å². The molecule has 3 heterocycles. The SMILES string of the molecule is Cc1ccc(CC(=O)C2(c3ccc4c(c3)OC(F)(F)O4)CC2)nc1-c1c[nH]c(=O)c(C#N)c1.[HH]. The quantitative estimate of drug-likeness (QED) is 0.628. The Bertz CT molecular complexity index is 1410. The second-order valence-corrected chi connectivity index (χ2v) is 8.22. The number of ketones is 1. The van der Waals surface area contributed by atoms with Crippen LogP contribution in [0.3, 0.4) is 0 Å². The summed E-state index contributed by atoms with van der Waals surface area (Å²) in [5, 5.41) is 9.13. The number of H-pyrrole nitrogens is 1. The van der Waals surface area contributed by atoms with Gasteiger partial charge in [0.1, 0.15) is 17.4 Å². The van der Waals surface area contributed by atoms with E-state index in [4.69, 9.17) is 5.26 Å². The van der Waals surface area contributed by atoms with E-state index in [2.05, 4.69) is 19.4 Å². The van der Waals surface area contributed by atoms with Crippen molar-refractivity contribution < 1.29 is 24.5 Å². The summed E-state index contributed by atoms with van der Waals surface area (Å²) in [5.74, 6) is -0.220. The number of carbonyl (C=O) groups is 1. The molecule has 3 aromatic rings. The number of aryl methyl sites for hydroxylation is 1. The second-order valence-electron chi connectivity index (χ2n) is 8.22. The van der Waals surface area contributed by atoms with Gasteiger partial charge in [-0.1, -0.05) is 12.1 Å². The highest BCUT2D eigenvalue weighted by Gasteiger charge is 2.52. The molecule has 1 aromatic carbocycles. The van der Waals surface area contributed by atoms with E-state index in [0.29, 0.717) is 35.4 Å². The summed E-state index contributed by atoms with van der Waals surface area (Å²) in [7, 11) is 0. The van der Waals surface area contributed by atoms with Crippen LogP contribution in [0.4, 0.5) is 8.78 Å². The molecule has 0 amide bonds. The molecule has 33 heavy (non-hydrogen) atoms. The summed E-state index contributed by atoms with van der Waals surface area (Å²) in [6.07, 6.45) is -0.976. The van der Waals surface area contributed by atoms with Crippen molar-refractivity contribution in [1.29, 1.82) is 5.26 Å². The smallest absolute Gasteiger partial charge is 0.395 e. The van der Waals surface area contributed by atoms with Crippen LogP contribution in [0.25, 0.3) is 11.3 Å². The van der Waals surface area contributed by atoms with Crippen molar-refractivity contribution in [2.45, 2.75) is 37.9 Å². The summed E-state index contributed by atoms with van der Waals surface area (Å²) >= 11 is 0. The molecule has 5 rings (SSSR count). The third kappa shape index (κ3) is 3.63. The number of aromatic nitrogens is 2. The number of alkyl halides is 2. The second kappa shape index (κ2) is 7.24. The fraction of sp³-hybridized carbons (Fsp3) is 0.250. The zero-order valence-corrected chi connectivity index (χ0v) is 17.4. The molecule has 1 aliphatic heterocycles. The van der Waals surface area contributed by atoms with Gasteiger partial charge in [-0.2, -0.15) is 5.26 Å². The fourth-order valence-corrected chi connectivity index (χ4v) is 4.10. The molecule has 1 aliphatic carbocycles. The Kier molecular flexibility index (Phi) is 4.57. The van der Waals surface area contributed by atoms with Crippen molar-refractivity contribution in [3.05, 3.63) is 75.3 Å². The molecular formula is C24H19F2N3O4. The number of aromatic amines is 1. The molecule has 0 unspecified atom stereocenters. The largest absolute Gasteiger partial charge is 0.586 e. The molecule has 2 aliphatic rings. The number of carbonyl (C=O) groups excluding carboxylic acids is 1. The summed E-state index contributed by atoms with van der Waals surface area (Å²) < 4.78 is 35.7. The summed E-state index contributed by atoms with van der Waals surface area (Å²) in [4.78, 5) is 32.1. The number of halogens is 2. The number of benzene rings is 1. The number of nitrogens with zero attached hydrogens (tertiary/aromatic N) is 2. The van der Waals surface area contributed by atoms with Crippen molar-refractivity contribution in [2.75, 3.05) is 0 Å². The molecule has 168 valence electrons. The van der Waals surface area contributed by atoms with Gasteiger partial charge in [0.15, 0.2) is 11.5 Å². The molecule has 7 nitrogen and oxygen atoms in total. The Balaban J connectivity index is 0.00000274.